The van der Waals surface area contributed by atoms with Crippen LogP contribution in [-0.2, 0) is 22.4 Å². The van der Waals surface area contributed by atoms with Crippen LogP contribution in [0.15, 0.2) is 22.7 Å². The van der Waals surface area contributed by atoms with Gasteiger partial charge in [-0.15, -0.1) is 11.3 Å². The van der Waals surface area contributed by atoms with Gasteiger partial charge in [-0.05, 0) is 71.3 Å². The smallest absolute Gasteiger partial charge is 0.341 e. The number of methoxy groups -OCH3 is 1. The molecule has 144 valence electrons. The number of carbonyl (C=O) groups excluding carboxylic acids is 2. The molecule has 1 aliphatic rings. The summed E-state index contributed by atoms with van der Waals surface area (Å²) in [5.41, 5.74) is 2.61. The zero-order valence-electron chi connectivity index (χ0n) is 15.6. The lowest BCUT2D eigenvalue weighted by atomic mass is 9.88. The SMILES string of the molecule is COC(=O)c1c(NC(=O)COc2ccc(C)cc2Br)sc2c1CC[C@H](C)C2. The van der Waals surface area contributed by atoms with Gasteiger partial charge < -0.3 is 14.8 Å². The van der Waals surface area contributed by atoms with Crippen LogP contribution in [0.3, 0.4) is 0 Å². The number of anilines is 1. The number of esters is 1. The van der Waals surface area contributed by atoms with E-state index in [1.807, 2.05) is 25.1 Å². The molecule has 1 aromatic heterocycles. The van der Waals surface area contributed by atoms with E-state index in [2.05, 4.69) is 28.2 Å². The molecule has 0 spiro atoms. The predicted molar refractivity (Wildman–Crippen MR) is 110 cm³/mol. The van der Waals surface area contributed by atoms with E-state index in [-0.39, 0.29) is 12.5 Å². The van der Waals surface area contributed by atoms with E-state index in [1.54, 1.807) is 0 Å². The van der Waals surface area contributed by atoms with Crippen molar-refractivity contribution < 1.29 is 19.1 Å². The summed E-state index contributed by atoms with van der Waals surface area (Å²) < 4.78 is 11.3. The third kappa shape index (κ3) is 4.52. The van der Waals surface area contributed by atoms with E-state index >= 15 is 0 Å². The molecule has 0 saturated heterocycles. The van der Waals surface area contributed by atoms with Crippen molar-refractivity contribution in [3.63, 3.8) is 0 Å². The van der Waals surface area contributed by atoms with Crippen LogP contribution in [0.4, 0.5) is 5.00 Å². The van der Waals surface area contributed by atoms with Crippen molar-refractivity contribution in [3.8, 4) is 5.75 Å². The Morgan fingerprint density at radius 2 is 2.15 bits per heavy atom. The summed E-state index contributed by atoms with van der Waals surface area (Å²) in [6.07, 6.45) is 2.79. The van der Waals surface area contributed by atoms with Gasteiger partial charge in [0.25, 0.3) is 5.91 Å². The molecule has 0 aliphatic heterocycles. The zero-order chi connectivity index (χ0) is 19.6. The van der Waals surface area contributed by atoms with Crippen molar-refractivity contribution in [2.45, 2.75) is 33.1 Å². The molecule has 3 rings (SSSR count). The van der Waals surface area contributed by atoms with Gasteiger partial charge in [-0.3, -0.25) is 4.79 Å². The third-order valence-corrected chi connectivity index (χ3v) is 6.39. The quantitative estimate of drug-likeness (QED) is 0.666. The molecule has 0 unspecified atom stereocenters. The summed E-state index contributed by atoms with van der Waals surface area (Å²) >= 11 is 4.90. The molecular weight excluding hydrogens is 430 g/mol. The molecular formula is C20H22BrNO4S. The Kier molecular flexibility index (Phi) is 6.22. The molecule has 7 heteroatoms. The zero-order valence-corrected chi connectivity index (χ0v) is 18.0. The van der Waals surface area contributed by atoms with Gasteiger partial charge in [-0.25, -0.2) is 4.79 Å². The molecule has 2 aromatic rings. The van der Waals surface area contributed by atoms with Gasteiger partial charge in [0.05, 0.1) is 17.1 Å². The van der Waals surface area contributed by atoms with E-state index in [9.17, 15) is 9.59 Å². The van der Waals surface area contributed by atoms with Crippen molar-refractivity contribution in [3.05, 3.63) is 44.2 Å². The number of hydrogen-bond acceptors (Lipinski definition) is 5. The first-order valence-corrected chi connectivity index (χ1v) is 10.4. The normalized spacial score (nSPS) is 15.8. The van der Waals surface area contributed by atoms with E-state index in [4.69, 9.17) is 9.47 Å². The molecule has 27 heavy (non-hydrogen) atoms. The van der Waals surface area contributed by atoms with Crippen LogP contribution in [0.1, 0.15) is 39.7 Å². The summed E-state index contributed by atoms with van der Waals surface area (Å²) in [6, 6.07) is 5.66. The third-order valence-electron chi connectivity index (χ3n) is 4.60. The molecule has 1 aromatic carbocycles. The molecule has 1 atom stereocenters. The summed E-state index contributed by atoms with van der Waals surface area (Å²) in [4.78, 5) is 25.8. The molecule has 0 fully saturated rings. The van der Waals surface area contributed by atoms with Gasteiger partial charge in [0.15, 0.2) is 6.61 Å². The van der Waals surface area contributed by atoms with E-state index < -0.39 is 5.97 Å². The Balaban J connectivity index is 1.74. The fourth-order valence-corrected chi connectivity index (χ4v) is 5.21. The lowest BCUT2D eigenvalue weighted by Gasteiger charge is -2.18. The topological polar surface area (TPSA) is 64.6 Å². The van der Waals surface area contributed by atoms with E-state index in [1.165, 1.54) is 18.4 Å². The van der Waals surface area contributed by atoms with Crippen LogP contribution in [0.25, 0.3) is 0 Å². The molecule has 1 amide bonds. The van der Waals surface area contributed by atoms with Crippen molar-refractivity contribution in [2.24, 2.45) is 5.92 Å². The van der Waals surface area contributed by atoms with Crippen molar-refractivity contribution in [1.29, 1.82) is 0 Å². The Labute approximate surface area is 171 Å². The number of halogens is 1. The first-order chi connectivity index (χ1) is 12.9. The lowest BCUT2D eigenvalue weighted by Crippen LogP contribution is -2.21. The predicted octanol–water partition coefficient (Wildman–Crippen LogP) is 4.75. The fourth-order valence-electron chi connectivity index (χ4n) is 3.19. The standard InChI is InChI=1S/C20H22BrNO4S/c1-11-5-7-15(14(21)8-11)26-10-17(23)22-19-18(20(24)25-3)13-6-4-12(2)9-16(13)27-19/h5,7-8,12H,4,6,9-10H2,1-3H3,(H,22,23)/t12-/m0/s1. The Morgan fingerprint density at radius 3 is 2.85 bits per heavy atom. The van der Waals surface area contributed by atoms with Crippen molar-refractivity contribution >= 4 is 44.1 Å². The van der Waals surface area contributed by atoms with Gasteiger partial charge >= 0.3 is 5.97 Å². The highest BCUT2D eigenvalue weighted by molar-refractivity contribution is 9.10. The minimum Gasteiger partial charge on any atom is -0.483 e. The second-order valence-electron chi connectivity index (χ2n) is 6.82. The Bertz CT molecular complexity index is 877. The number of hydrogen-bond donors (Lipinski definition) is 1. The highest BCUT2D eigenvalue weighted by atomic mass is 79.9. The van der Waals surface area contributed by atoms with E-state index in [0.717, 1.165) is 39.7 Å². The second-order valence-corrected chi connectivity index (χ2v) is 8.78. The molecule has 1 N–H and O–H groups in total. The number of amides is 1. The average molecular weight is 452 g/mol. The highest BCUT2D eigenvalue weighted by Gasteiger charge is 2.28. The minimum absolute atomic E-state index is 0.138. The molecule has 1 heterocycles. The average Bonchev–Trinajstić information content (AvgIpc) is 2.97. The highest BCUT2D eigenvalue weighted by Crippen LogP contribution is 2.40. The van der Waals surface area contributed by atoms with Gasteiger partial charge in [-0.1, -0.05) is 13.0 Å². The maximum absolute atomic E-state index is 12.4. The largest absolute Gasteiger partial charge is 0.483 e. The summed E-state index contributed by atoms with van der Waals surface area (Å²) in [7, 11) is 1.36. The number of aryl methyl sites for hydroxylation is 1. The first-order valence-electron chi connectivity index (χ1n) is 8.80. The number of rotatable bonds is 5. The summed E-state index contributed by atoms with van der Waals surface area (Å²) in [6.45, 7) is 4.04. The first kappa shape index (κ1) is 19.9. The van der Waals surface area contributed by atoms with Gasteiger partial charge in [0.1, 0.15) is 10.8 Å². The van der Waals surface area contributed by atoms with Crippen molar-refractivity contribution in [1.82, 2.24) is 0 Å². The maximum atomic E-state index is 12.4. The molecule has 1 aliphatic carbocycles. The van der Waals surface area contributed by atoms with Gasteiger partial charge in [0, 0.05) is 4.88 Å². The molecule has 0 bridgehead atoms. The number of ether oxygens (including phenoxy) is 2. The maximum Gasteiger partial charge on any atom is 0.341 e. The Hall–Kier alpha value is -1.86. The monoisotopic (exact) mass is 451 g/mol. The fraction of sp³-hybridized carbons (Fsp3) is 0.400. The number of carbonyl (C=O) groups is 2. The summed E-state index contributed by atoms with van der Waals surface area (Å²) in [5, 5.41) is 3.39. The van der Waals surface area contributed by atoms with Crippen LogP contribution in [-0.4, -0.2) is 25.6 Å². The molecule has 0 saturated carbocycles. The molecule has 5 nitrogen and oxygen atoms in total. The van der Waals surface area contributed by atoms with E-state index in [0.29, 0.717) is 22.2 Å². The van der Waals surface area contributed by atoms with Gasteiger partial charge in [0.2, 0.25) is 0 Å². The van der Waals surface area contributed by atoms with Crippen LogP contribution in [0.2, 0.25) is 0 Å². The minimum atomic E-state index is -0.403. The lowest BCUT2D eigenvalue weighted by molar-refractivity contribution is -0.118. The van der Waals surface area contributed by atoms with Gasteiger partial charge in [-0.2, -0.15) is 0 Å². The van der Waals surface area contributed by atoms with Crippen LogP contribution in [0.5, 0.6) is 5.75 Å². The number of fused-ring (bicyclic) bond motifs is 1. The number of nitrogens with one attached hydrogen (secondary N) is 1. The molecule has 0 radical (unpaired) electrons. The van der Waals surface area contributed by atoms with Crippen LogP contribution in [0, 0.1) is 12.8 Å². The number of benzene rings is 1. The Morgan fingerprint density at radius 1 is 1.37 bits per heavy atom. The van der Waals surface area contributed by atoms with Crippen LogP contribution < -0.4 is 10.1 Å². The summed E-state index contributed by atoms with van der Waals surface area (Å²) in [5.74, 6) is 0.467. The number of thiophene rings is 1. The second kappa shape index (κ2) is 8.44. The van der Waals surface area contributed by atoms with Crippen LogP contribution >= 0.6 is 27.3 Å². The van der Waals surface area contributed by atoms with Crippen molar-refractivity contribution in [2.75, 3.05) is 19.0 Å².